The van der Waals surface area contributed by atoms with Crippen LogP contribution in [0.2, 0.25) is 0 Å². The lowest BCUT2D eigenvalue weighted by molar-refractivity contribution is -0.132. The van der Waals surface area contributed by atoms with Crippen LogP contribution in [0.1, 0.15) is 26.2 Å². The predicted molar refractivity (Wildman–Crippen MR) is 64.0 cm³/mol. The van der Waals surface area contributed by atoms with Crippen molar-refractivity contribution < 1.29 is 4.79 Å². The van der Waals surface area contributed by atoms with E-state index in [1.165, 1.54) is 12.8 Å². The van der Waals surface area contributed by atoms with Crippen molar-refractivity contribution in [2.75, 3.05) is 26.7 Å². The molecule has 3 atom stereocenters. The number of amides is 1. The summed E-state index contributed by atoms with van der Waals surface area (Å²) in [5, 5.41) is 0. The van der Waals surface area contributed by atoms with Crippen LogP contribution in [0.15, 0.2) is 0 Å². The first kappa shape index (κ1) is 11.9. The molecule has 0 spiro atoms. The van der Waals surface area contributed by atoms with Crippen LogP contribution in [0.5, 0.6) is 0 Å². The number of carbonyl (C=O) groups excluding carboxylic acids is 1. The number of hydrogen-bond acceptors (Lipinski definition) is 3. The molecule has 2 aliphatic rings. The molecule has 0 bridgehead atoms. The lowest BCUT2D eigenvalue weighted by atomic mass is 9.89. The van der Waals surface area contributed by atoms with Gasteiger partial charge in [-0.1, -0.05) is 6.92 Å². The fraction of sp³-hybridized carbons (Fsp3) is 0.917. The molecule has 0 aromatic heterocycles. The van der Waals surface area contributed by atoms with E-state index in [1.807, 2.05) is 11.9 Å². The number of likely N-dealkylation sites (N-methyl/N-ethyl adjacent to an activating group) is 1. The zero-order valence-corrected chi connectivity index (χ0v) is 10.4. The van der Waals surface area contributed by atoms with Gasteiger partial charge in [-0.05, 0) is 31.7 Å². The summed E-state index contributed by atoms with van der Waals surface area (Å²) in [5.41, 5.74) is 5.87. The maximum absolute atomic E-state index is 12.0. The molecular formula is C12H23N3O. The van der Waals surface area contributed by atoms with E-state index >= 15 is 0 Å². The summed E-state index contributed by atoms with van der Waals surface area (Å²) >= 11 is 0. The third-order valence-corrected chi connectivity index (χ3v) is 4.20. The minimum atomic E-state index is 0.0984. The molecule has 2 heterocycles. The van der Waals surface area contributed by atoms with Crippen LogP contribution in [-0.4, -0.2) is 54.5 Å². The lowest BCUT2D eigenvalue weighted by Crippen LogP contribution is -2.55. The van der Waals surface area contributed by atoms with Crippen molar-refractivity contribution in [1.82, 2.24) is 9.80 Å². The molecule has 0 radical (unpaired) electrons. The summed E-state index contributed by atoms with van der Waals surface area (Å²) in [7, 11) is 1.90. The number of hydrogen-bond donors (Lipinski definition) is 1. The molecule has 92 valence electrons. The standard InChI is InChI=1S/C12H23N3O/c1-9-4-3-6-15(11(9)8-13)10-5-7-14(2)12(10)16/h9-11H,3-8,13H2,1-2H3. The number of nitrogens with two attached hydrogens (primary N) is 1. The van der Waals surface area contributed by atoms with Crippen molar-refractivity contribution in [3.63, 3.8) is 0 Å². The topological polar surface area (TPSA) is 49.6 Å². The Morgan fingerprint density at radius 2 is 2.12 bits per heavy atom. The van der Waals surface area contributed by atoms with Crippen LogP contribution in [0.3, 0.4) is 0 Å². The number of piperidine rings is 1. The van der Waals surface area contributed by atoms with Gasteiger partial charge in [-0.15, -0.1) is 0 Å². The molecular weight excluding hydrogens is 202 g/mol. The molecule has 2 aliphatic heterocycles. The zero-order chi connectivity index (χ0) is 11.7. The van der Waals surface area contributed by atoms with Crippen LogP contribution >= 0.6 is 0 Å². The van der Waals surface area contributed by atoms with Crippen molar-refractivity contribution in [2.24, 2.45) is 11.7 Å². The first-order valence-electron chi connectivity index (χ1n) is 6.36. The molecule has 2 rings (SSSR count). The Morgan fingerprint density at radius 1 is 1.38 bits per heavy atom. The summed E-state index contributed by atoms with van der Waals surface area (Å²) in [6.07, 6.45) is 3.42. The van der Waals surface area contributed by atoms with E-state index < -0.39 is 0 Å². The van der Waals surface area contributed by atoms with Crippen LogP contribution in [0.4, 0.5) is 0 Å². The molecule has 0 aromatic rings. The van der Waals surface area contributed by atoms with Crippen molar-refractivity contribution in [1.29, 1.82) is 0 Å². The normalized spacial score (nSPS) is 37.1. The second kappa shape index (κ2) is 4.72. The smallest absolute Gasteiger partial charge is 0.239 e. The Hall–Kier alpha value is -0.610. The highest BCUT2D eigenvalue weighted by atomic mass is 16.2. The van der Waals surface area contributed by atoms with Gasteiger partial charge >= 0.3 is 0 Å². The van der Waals surface area contributed by atoms with Gasteiger partial charge in [-0.2, -0.15) is 0 Å². The average molecular weight is 225 g/mol. The average Bonchev–Trinajstić information content (AvgIpc) is 2.59. The minimum absolute atomic E-state index is 0.0984. The molecule has 2 fully saturated rings. The molecule has 0 saturated carbocycles. The van der Waals surface area contributed by atoms with E-state index in [-0.39, 0.29) is 11.9 Å². The highest BCUT2D eigenvalue weighted by Crippen LogP contribution is 2.28. The molecule has 2 saturated heterocycles. The monoisotopic (exact) mass is 225 g/mol. The third-order valence-electron chi connectivity index (χ3n) is 4.20. The quantitative estimate of drug-likeness (QED) is 0.734. The van der Waals surface area contributed by atoms with Gasteiger partial charge in [0.25, 0.3) is 0 Å². The second-order valence-electron chi connectivity index (χ2n) is 5.22. The Morgan fingerprint density at radius 3 is 2.69 bits per heavy atom. The first-order chi connectivity index (χ1) is 7.65. The molecule has 0 aromatic carbocycles. The van der Waals surface area contributed by atoms with Crippen LogP contribution in [0.25, 0.3) is 0 Å². The zero-order valence-electron chi connectivity index (χ0n) is 10.4. The Balaban J connectivity index is 2.09. The van der Waals surface area contributed by atoms with Gasteiger partial charge in [-0.3, -0.25) is 9.69 Å². The third kappa shape index (κ3) is 1.96. The van der Waals surface area contributed by atoms with E-state index in [9.17, 15) is 4.79 Å². The highest BCUT2D eigenvalue weighted by Gasteiger charge is 2.39. The van der Waals surface area contributed by atoms with Gasteiger partial charge < -0.3 is 10.6 Å². The van der Waals surface area contributed by atoms with Crippen LogP contribution < -0.4 is 5.73 Å². The molecule has 1 amide bonds. The van der Waals surface area contributed by atoms with E-state index in [2.05, 4.69) is 11.8 Å². The number of rotatable bonds is 2. The van der Waals surface area contributed by atoms with Crippen molar-refractivity contribution in [3.05, 3.63) is 0 Å². The Bertz CT molecular complexity index is 269. The number of likely N-dealkylation sites (tertiary alicyclic amines) is 2. The highest BCUT2D eigenvalue weighted by molar-refractivity contribution is 5.83. The SMILES string of the molecule is CC1CCCN(C2CCN(C)C2=O)C1CN. The minimum Gasteiger partial charge on any atom is -0.344 e. The van der Waals surface area contributed by atoms with E-state index in [0.29, 0.717) is 18.5 Å². The summed E-state index contributed by atoms with van der Waals surface area (Å²) in [5.74, 6) is 0.907. The van der Waals surface area contributed by atoms with Crippen LogP contribution in [-0.2, 0) is 4.79 Å². The van der Waals surface area contributed by atoms with Gasteiger partial charge in [0.15, 0.2) is 0 Å². The summed E-state index contributed by atoms with van der Waals surface area (Å²) in [4.78, 5) is 16.2. The van der Waals surface area contributed by atoms with Gasteiger partial charge in [0.1, 0.15) is 0 Å². The molecule has 0 aliphatic carbocycles. The van der Waals surface area contributed by atoms with E-state index in [4.69, 9.17) is 5.73 Å². The van der Waals surface area contributed by atoms with Crippen LogP contribution in [0, 0.1) is 5.92 Å². The molecule has 16 heavy (non-hydrogen) atoms. The van der Waals surface area contributed by atoms with Crippen molar-refractivity contribution >= 4 is 5.91 Å². The molecule has 3 unspecified atom stereocenters. The molecule has 2 N–H and O–H groups in total. The lowest BCUT2D eigenvalue weighted by Gasteiger charge is -2.42. The molecule has 4 heteroatoms. The van der Waals surface area contributed by atoms with Gasteiger partial charge in [-0.25, -0.2) is 0 Å². The fourth-order valence-corrected chi connectivity index (χ4v) is 3.15. The number of carbonyl (C=O) groups is 1. The fourth-order valence-electron chi connectivity index (χ4n) is 3.15. The largest absolute Gasteiger partial charge is 0.344 e. The number of nitrogens with zero attached hydrogens (tertiary/aromatic N) is 2. The van der Waals surface area contributed by atoms with Crippen molar-refractivity contribution in [2.45, 2.75) is 38.3 Å². The van der Waals surface area contributed by atoms with E-state index in [1.54, 1.807) is 0 Å². The summed E-state index contributed by atoms with van der Waals surface area (Å²) < 4.78 is 0. The molecule has 4 nitrogen and oxygen atoms in total. The first-order valence-corrected chi connectivity index (χ1v) is 6.36. The van der Waals surface area contributed by atoms with Crippen molar-refractivity contribution in [3.8, 4) is 0 Å². The predicted octanol–water partition coefficient (Wildman–Crippen LogP) is 0.276. The van der Waals surface area contributed by atoms with Gasteiger partial charge in [0.2, 0.25) is 5.91 Å². The summed E-state index contributed by atoms with van der Waals surface area (Å²) in [6.45, 7) is 4.86. The summed E-state index contributed by atoms with van der Waals surface area (Å²) in [6, 6.07) is 0.496. The Labute approximate surface area is 97.8 Å². The van der Waals surface area contributed by atoms with Gasteiger partial charge in [0.05, 0.1) is 6.04 Å². The van der Waals surface area contributed by atoms with E-state index in [0.717, 1.165) is 19.5 Å². The maximum atomic E-state index is 12.0. The second-order valence-corrected chi connectivity index (χ2v) is 5.22. The Kier molecular flexibility index (Phi) is 3.50. The van der Waals surface area contributed by atoms with Gasteiger partial charge in [0, 0.05) is 26.2 Å². The maximum Gasteiger partial charge on any atom is 0.239 e.